The number of pyridine rings is 1. The Balaban J connectivity index is 1.62. The van der Waals surface area contributed by atoms with Crippen molar-refractivity contribution in [2.24, 2.45) is 0 Å². The highest BCUT2D eigenvalue weighted by atomic mass is 19.1. The zero-order valence-corrected chi connectivity index (χ0v) is 21.0. The third-order valence-corrected chi connectivity index (χ3v) is 6.61. The number of fused-ring (bicyclic) bond motifs is 2. The first kappa shape index (κ1) is 24.5. The van der Waals surface area contributed by atoms with Crippen LogP contribution in [0.15, 0.2) is 42.6 Å². The summed E-state index contributed by atoms with van der Waals surface area (Å²) in [5.41, 5.74) is 1.00. The first-order valence-electron chi connectivity index (χ1n) is 12.4. The summed E-state index contributed by atoms with van der Waals surface area (Å²) >= 11 is 0. The maximum absolute atomic E-state index is 14.4. The topological polar surface area (TPSA) is 115 Å². The van der Waals surface area contributed by atoms with E-state index in [0.29, 0.717) is 40.2 Å². The molecule has 2 amide bonds. The molecule has 190 valence electrons. The molecule has 4 aromatic rings. The summed E-state index contributed by atoms with van der Waals surface area (Å²) in [5, 5.41) is 11.1. The van der Waals surface area contributed by atoms with E-state index in [1.807, 2.05) is 6.07 Å². The Morgan fingerprint density at radius 2 is 1.95 bits per heavy atom. The van der Waals surface area contributed by atoms with Crippen LogP contribution in [0.4, 0.5) is 10.2 Å². The fourth-order valence-corrected chi connectivity index (χ4v) is 4.52. The Hall–Kier alpha value is -4.21. The maximum atomic E-state index is 14.4. The van der Waals surface area contributed by atoms with Gasteiger partial charge in [0, 0.05) is 23.9 Å². The highest BCUT2D eigenvalue weighted by molar-refractivity contribution is 6.09. The first-order chi connectivity index (χ1) is 17.8. The van der Waals surface area contributed by atoms with Crippen molar-refractivity contribution in [2.45, 2.75) is 52.0 Å². The number of aromatic nitrogens is 5. The van der Waals surface area contributed by atoms with Crippen molar-refractivity contribution < 1.29 is 14.0 Å². The van der Waals surface area contributed by atoms with Gasteiger partial charge in [-0.2, -0.15) is 5.10 Å². The predicted octanol–water partition coefficient (Wildman–Crippen LogP) is 4.23. The van der Waals surface area contributed by atoms with E-state index in [1.54, 1.807) is 49.0 Å². The highest BCUT2D eigenvalue weighted by Gasteiger charge is 2.44. The van der Waals surface area contributed by atoms with E-state index in [4.69, 9.17) is 0 Å². The molecule has 0 aliphatic carbocycles. The smallest absolute Gasteiger partial charge is 0.270 e. The quantitative estimate of drug-likeness (QED) is 0.349. The van der Waals surface area contributed by atoms with Gasteiger partial charge < -0.3 is 10.6 Å². The van der Waals surface area contributed by atoms with Gasteiger partial charge in [-0.15, -0.1) is 0 Å². The van der Waals surface area contributed by atoms with Crippen LogP contribution in [0.3, 0.4) is 0 Å². The van der Waals surface area contributed by atoms with Gasteiger partial charge in [-0.3, -0.25) is 9.59 Å². The molecule has 0 radical (unpaired) electrons. The molecular weight excluding hydrogens is 473 g/mol. The van der Waals surface area contributed by atoms with E-state index in [0.717, 1.165) is 19.3 Å². The summed E-state index contributed by atoms with van der Waals surface area (Å²) in [6, 6.07) is 10.1. The number of rotatable bonds is 8. The lowest BCUT2D eigenvalue weighted by molar-refractivity contribution is -0.119. The number of benzene rings is 1. The number of nitrogens with one attached hydrogen (secondary N) is 2. The minimum absolute atomic E-state index is 0.139. The van der Waals surface area contributed by atoms with Crippen molar-refractivity contribution in [1.29, 1.82) is 0 Å². The molecule has 0 saturated carbocycles. The van der Waals surface area contributed by atoms with Gasteiger partial charge in [0.1, 0.15) is 23.0 Å². The second-order valence-corrected chi connectivity index (χ2v) is 9.63. The Kier molecular flexibility index (Phi) is 6.41. The SMILES string of the molecule is CCCCCNC(=O)c1nc(-c2nn(Cc3ccccc3F)c3ncccc23)nc2c1C(C)(C)C(=O)N2. The van der Waals surface area contributed by atoms with Crippen molar-refractivity contribution in [3.63, 3.8) is 0 Å². The van der Waals surface area contributed by atoms with E-state index < -0.39 is 5.41 Å². The van der Waals surface area contributed by atoms with Gasteiger partial charge in [-0.05, 0) is 38.5 Å². The molecule has 0 unspecified atom stereocenters. The molecule has 37 heavy (non-hydrogen) atoms. The van der Waals surface area contributed by atoms with Gasteiger partial charge in [-0.1, -0.05) is 38.0 Å². The second-order valence-electron chi connectivity index (χ2n) is 9.63. The summed E-state index contributed by atoms with van der Waals surface area (Å²) in [6.07, 6.45) is 4.51. The Bertz CT molecular complexity index is 1510. The molecule has 0 fully saturated rings. The standard InChI is InChI=1S/C27H28FN7O2/c1-4-5-8-13-30-25(36)21-19-22(33-26(37)27(19,2)3)32-23(31-21)20-17-11-9-14-29-24(17)35(34-20)15-16-10-6-7-12-18(16)28/h6-7,9-12,14H,4-5,8,13,15H2,1-3H3,(H,30,36)(H,31,32,33,37). The molecule has 0 spiro atoms. The van der Waals surface area contributed by atoms with Gasteiger partial charge >= 0.3 is 0 Å². The molecule has 0 atom stereocenters. The lowest BCUT2D eigenvalue weighted by Gasteiger charge is -2.18. The van der Waals surface area contributed by atoms with E-state index in [2.05, 4.69) is 37.6 Å². The van der Waals surface area contributed by atoms with Crippen molar-refractivity contribution in [1.82, 2.24) is 30.0 Å². The molecule has 2 N–H and O–H groups in total. The lowest BCUT2D eigenvalue weighted by Crippen LogP contribution is -2.32. The Morgan fingerprint density at radius 3 is 2.73 bits per heavy atom. The average Bonchev–Trinajstić information content (AvgIpc) is 3.36. The normalized spacial score (nSPS) is 14.0. The molecule has 1 aromatic carbocycles. The van der Waals surface area contributed by atoms with Gasteiger partial charge in [0.25, 0.3) is 5.91 Å². The minimum Gasteiger partial charge on any atom is -0.351 e. The van der Waals surface area contributed by atoms with E-state index in [9.17, 15) is 14.0 Å². The average molecular weight is 502 g/mol. The van der Waals surface area contributed by atoms with Crippen LogP contribution in [0, 0.1) is 5.82 Å². The molecule has 1 aliphatic heterocycles. The maximum Gasteiger partial charge on any atom is 0.270 e. The Labute approximate surface area is 213 Å². The third-order valence-electron chi connectivity index (χ3n) is 6.61. The van der Waals surface area contributed by atoms with Gasteiger partial charge in [0.2, 0.25) is 5.91 Å². The zero-order chi connectivity index (χ0) is 26.2. The van der Waals surface area contributed by atoms with E-state index in [1.165, 1.54) is 6.07 Å². The molecule has 1 aliphatic rings. The van der Waals surface area contributed by atoms with Gasteiger partial charge in [0.15, 0.2) is 11.5 Å². The number of halogens is 1. The number of unbranched alkanes of at least 4 members (excludes halogenated alkanes) is 2. The van der Waals surface area contributed by atoms with Crippen LogP contribution in [0.2, 0.25) is 0 Å². The van der Waals surface area contributed by atoms with Crippen LogP contribution in [0.1, 0.15) is 61.6 Å². The van der Waals surface area contributed by atoms with Gasteiger partial charge in [0.05, 0.1) is 17.3 Å². The molecule has 9 nitrogen and oxygen atoms in total. The number of carbonyl (C=O) groups excluding carboxylic acids is 2. The van der Waals surface area contributed by atoms with E-state index in [-0.39, 0.29) is 35.7 Å². The molecule has 0 saturated heterocycles. The van der Waals surface area contributed by atoms with Crippen molar-refractivity contribution in [3.05, 3.63) is 65.2 Å². The number of hydrogen-bond donors (Lipinski definition) is 2. The zero-order valence-electron chi connectivity index (χ0n) is 21.0. The van der Waals surface area contributed by atoms with Crippen LogP contribution in [-0.2, 0) is 16.8 Å². The molecule has 4 heterocycles. The number of hydrogen-bond acceptors (Lipinski definition) is 6. The van der Waals surface area contributed by atoms with Crippen molar-refractivity contribution in [3.8, 4) is 11.5 Å². The summed E-state index contributed by atoms with van der Waals surface area (Å²) in [5.74, 6) is -0.496. The summed E-state index contributed by atoms with van der Waals surface area (Å²) < 4.78 is 16.0. The summed E-state index contributed by atoms with van der Waals surface area (Å²) in [4.78, 5) is 39.7. The Morgan fingerprint density at radius 1 is 1.14 bits per heavy atom. The van der Waals surface area contributed by atoms with Crippen molar-refractivity contribution in [2.75, 3.05) is 11.9 Å². The highest BCUT2D eigenvalue weighted by Crippen LogP contribution is 2.39. The van der Waals surface area contributed by atoms with Crippen LogP contribution < -0.4 is 10.6 Å². The largest absolute Gasteiger partial charge is 0.351 e. The molecule has 3 aromatic heterocycles. The minimum atomic E-state index is -0.974. The van der Waals surface area contributed by atoms with Crippen molar-refractivity contribution >= 4 is 28.7 Å². The number of amides is 2. The second kappa shape index (κ2) is 9.68. The van der Waals surface area contributed by atoms with Gasteiger partial charge in [-0.25, -0.2) is 24.0 Å². The first-order valence-corrected chi connectivity index (χ1v) is 12.4. The monoisotopic (exact) mass is 501 g/mol. The number of anilines is 1. The van der Waals surface area contributed by atoms with E-state index >= 15 is 0 Å². The fraction of sp³-hybridized carbons (Fsp3) is 0.333. The fourth-order valence-electron chi connectivity index (χ4n) is 4.52. The predicted molar refractivity (Wildman–Crippen MR) is 138 cm³/mol. The third kappa shape index (κ3) is 4.43. The van der Waals surface area contributed by atoms with Crippen LogP contribution >= 0.6 is 0 Å². The molecule has 5 rings (SSSR count). The summed E-state index contributed by atoms with van der Waals surface area (Å²) in [6.45, 7) is 6.24. The van der Waals surface area contributed by atoms with Crippen LogP contribution in [0.25, 0.3) is 22.6 Å². The van der Waals surface area contributed by atoms with Crippen LogP contribution in [-0.4, -0.2) is 43.1 Å². The van der Waals surface area contributed by atoms with Crippen LogP contribution in [0.5, 0.6) is 0 Å². The summed E-state index contributed by atoms with van der Waals surface area (Å²) in [7, 11) is 0. The molecular formula is C27H28FN7O2. The lowest BCUT2D eigenvalue weighted by atomic mass is 9.85. The number of carbonyl (C=O) groups is 2. The number of nitrogens with zero attached hydrogens (tertiary/aromatic N) is 5. The molecule has 0 bridgehead atoms. The molecule has 10 heteroatoms.